The van der Waals surface area contributed by atoms with Gasteiger partial charge in [0.15, 0.2) is 5.78 Å². The van der Waals surface area contributed by atoms with Gasteiger partial charge in [-0.05, 0) is 65.1 Å². The summed E-state index contributed by atoms with van der Waals surface area (Å²) < 4.78 is 13.5. The Labute approximate surface area is 151 Å². The molecular weight excluding hydrogens is 428 g/mol. The lowest BCUT2D eigenvalue weighted by Gasteiger charge is -2.09. The normalized spacial score (nSPS) is 10.2. The maximum Gasteiger partial charge on any atom is 0.337 e. The number of rotatable bonds is 6. The molecule has 0 aliphatic carbocycles. The maximum absolute atomic E-state index is 12.8. The van der Waals surface area contributed by atoms with Gasteiger partial charge < -0.3 is 10.4 Å². The van der Waals surface area contributed by atoms with Crippen molar-refractivity contribution in [2.75, 3.05) is 5.32 Å². The van der Waals surface area contributed by atoms with E-state index in [1.807, 2.05) is 22.6 Å². The van der Waals surface area contributed by atoms with Crippen molar-refractivity contribution in [1.82, 2.24) is 0 Å². The second-order valence-electron chi connectivity index (χ2n) is 4.97. The van der Waals surface area contributed by atoms with E-state index in [1.54, 1.807) is 6.07 Å². The van der Waals surface area contributed by atoms with Crippen molar-refractivity contribution in [3.63, 3.8) is 0 Å². The Bertz CT molecular complexity index is 790. The molecule has 5 nitrogen and oxygen atoms in total. The average Bonchev–Trinajstić information content (AvgIpc) is 2.54. The molecule has 0 aliphatic rings. The molecule has 2 N–H and O–H groups in total. The zero-order chi connectivity index (χ0) is 17.7. The van der Waals surface area contributed by atoms with Gasteiger partial charge in [0.25, 0.3) is 0 Å². The summed E-state index contributed by atoms with van der Waals surface area (Å²) in [4.78, 5) is 35.1. The predicted molar refractivity (Wildman–Crippen MR) is 94.7 cm³/mol. The van der Waals surface area contributed by atoms with E-state index in [0.29, 0.717) is 5.56 Å². The van der Waals surface area contributed by atoms with Gasteiger partial charge in [-0.2, -0.15) is 0 Å². The second-order valence-corrected chi connectivity index (χ2v) is 6.22. The first-order chi connectivity index (χ1) is 11.4. The van der Waals surface area contributed by atoms with E-state index in [1.165, 1.54) is 36.4 Å². The molecule has 2 aromatic rings. The van der Waals surface area contributed by atoms with Gasteiger partial charge in [-0.15, -0.1) is 0 Å². The highest BCUT2D eigenvalue weighted by molar-refractivity contribution is 14.1. The van der Waals surface area contributed by atoms with Crippen LogP contribution in [0.1, 0.15) is 33.6 Å². The van der Waals surface area contributed by atoms with Crippen LogP contribution in [0.3, 0.4) is 0 Å². The fraction of sp³-hybridized carbons (Fsp3) is 0.118. The molecular formula is C17H13FINO4. The third kappa shape index (κ3) is 4.85. The van der Waals surface area contributed by atoms with Crippen LogP contribution in [0.2, 0.25) is 0 Å². The van der Waals surface area contributed by atoms with E-state index >= 15 is 0 Å². The average molecular weight is 441 g/mol. The molecule has 0 atom stereocenters. The number of ketones is 1. The summed E-state index contributed by atoms with van der Waals surface area (Å²) in [6.45, 7) is 0. The van der Waals surface area contributed by atoms with Gasteiger partial charge in [0.05, 0.1) is 11.3 Å². The van der Waals surface area contributed by atoms with Crippen LogP contribution >= 0.6 is 22.6 Å². The van der Waals surface area contributed by atoms with Crippen LogP contribution in [-0.4, -0.2) is 22.8 Å². The summed E-state index contributed by atoms with van der Waals surface area (Å²) in [5.74, 6) is -2.34. The van der Waals surface area contributed by atoms with Crippen molar-refractivity contribution < 1.29 is 23.9 Å². The van der Waals surface area contributed by atoms with Crippen molar-refractivity contribution in [1.29, 1.82) is 0 Å². The van der Waals surface area contributed by atoms with Gasteiger partial charge in [-0.25, -0.2) is 9.18 Å². The lowest BCUT2D eigenvalue weighted by atomic mass is 10.1. The molecule has 124 valence electrons. The molecule has 24 heavy (non-hydrogen) atoms. The van der Waals surface area contributed by atoms with Crippen molar-refractivity contribution in [3.8, 4) is 0 Å². The number of aromatic carboxylic acids is 1. The zero-order valence-corrected chi connectivity index (χ0v) is 14.5. The molecule has 0 aliphatic heterocycles. The molecule has 0 saturated carbocycles. The van der Waals surface area contributed by atoms with Crippen LogP contribution in [-0.2, 0) is 4.79 Å². The van der Waals surface area contributed by atoms with Gasteiger partial charge in [-0.3, -0.25) is 9.59 Å². The molecule has 0 unspecified atom stereocenters. The number of anilines is 1. The van der Waals surface area contributed by atoms with E-state index in [4.69, 9.17) is 5.11 Å². The molecule has 0 radical (unpaired) electrons. The number of benzene rings is 2. The monoisotopic (exact) mass is 441 g/mol. The Morgan fingerprint density at radius 1 is 1.04 bits per heavy atom. The summed E-state index contributed by atoms with van der Waals surface area (Å²) in [5, 5.41) is 11.7. The quantitative estimate of drug-likeness (QED) is 0.529. The number of halogens is 2. The van der Waals surface area contributed by atoms with Gasteiger partial charge in [0.2, 0.25) is 5.91 Å². The highest BCUT2D eigenvalue weighted by Gasteiger charge is 2.14. The number of Topliss-reactive ketones (excluding diaryl/α,β-unsaturated/α-hetero) is 1. The molecule has 1 amide bonds. The zero-order valence-electron chi connectivity index (χ0n) is 12.4. The van der Waals surface area contributed by atoms with Gasteiger partial charge in [-0.1, -0.05) is 0 Å². The Kier molecular flexibility index (Phi) is 6.02. The lowest BCUT2D eigenvalue weighted by molar-refractivity contribution is -0.116. The van der Waals surface area contributed by atoms with Crippen molar-refractivity contribution in [2.24, 2.45) is 0 Å². The smallest absolute Gasteiger partial charge is 0.337 e. The summed E-state index contributed by atoms with van der Waals surface area (Å²) >= 11 is 1.98. The summed E-state index contributed by atoms with van der Waals surface area (Å²) in [7, 11) is 0. The van der Waals surface area contributed by atoms with Crippen LogP contribution in [0, 0.1) is 9.39 Å². The highest BCUT2D eigenvalue weighted by atomic mass is 127. The van der Waals surface area contributed by atoms with E-state index < -0.39 is 17.7 Å². The van der Waals surface area contributed by atoms with E-state index in [2.05, 4.69) is 5.32 Å². The van der Waals surface area contributed by atoms with Gasteiger partial charge >= 0.3 is 5.97 Å². The molecule has 0 spiro atoms. The first kappa shape index (κ1) is 18.1. The molecule has 7 heteroatoms. The maximum atomic E-state index is 12.8. The Morgan fingerprint density at radius 2 is 1.71 bits per heavy atom. The molecule has 0 fully saturated rings. The minimum Gasteiger partial charge on any atom is -0.478 e. The van der Waals surface area contributed by atoms with Crippen LogP contribution in [0.4, 0.5) is 10.1 Å². The van der Waals surface area contributed by atoms with E-state index in [9.17, 15) is 18.8 Å². The second kappa shape index (κ2) is 8.00. The SMILES string of the molecule is O=C(CCC(=O)c1ccc(F)cc1)Nc1ccc(I)cc1C(=O)O. The molecule has 0 heterocycles. The Balaban J connectivity index is 1.98. The summed E-state index contributed by atoms with van der Waals surface area (Å²) in [6, 6.07) is 9.70. The van der Waals surface area contributed by atoms with Crippen molar-refractivity contribution >= 4 is 45.9 Å². The third-order valence-corrected chi connectivity index (χ3v) is 3.90. The molecule has 0 aromatic heterocycles. The number of carbonyl (C=O) groups is 3. The van der Waals surface area contributed by atoms with E-state index in [-0.39, 0.29) is 29.9 Å². The number of hydrogen-bond acceptors (Lipinski definition) is 3. The highest BCUT2D eigenvalue weighted by Crippen LogP contribution is 2.19. The fourth-order valence-electron chi connectivity index (χ4n) is 2.02. The van der Waals surface area contributed by atoms with Crippen molar-refractivity contribution in [2.45, 2.75) is 12.8 Å². The number of nitrogens with one attached hydrogen (secondary N) is 1. The molecule has 2 aromatic carbocycles. The summed E-state index contributed by atoms with van der Waals surface area (Å²) in [5.41, 5.74) is 0.493. The fourth-order valence-corrected chi connectivity index (χ4v) is 2.51. The number of carboxylic acid groups (broad SMARTS) is 1. The minimum absolute atomic E-state index is 0.0138. The standard InChI is InChI=1S/C17H13FINO4/c18-11-3-1-10(2-4-11)15(21)7-8-16(22)20-14-6-5-12(19)9-13(14)17(23)24/h1-6,9H,7-8H2,(H,20,22)(H,23,24). The minimum atomic E-state index is -1.15. The number of hydrogen-bond donors (Lipinski definition) is 2. The summed E-state index contributed by atoms with van der Waals surface area (Å²) in [6.07, 6.45) is -0.147. The van der Waals surface area contributed by atoms with Crippen LogP contribution in [0.25, 0.3) is 0 Å². The van der Waals surface area contributed by atoms with E-state index in [0.717, 1.165) is 3.57 Å². The van der Waals surface area contributed by atoms with Crippen LogP contribution in [0.5, 0.6) is 0 Å². The molecule has 0 saturated heterocycles. The Morgan fingerprint density at radius 3 is 2.33 bits per heavy atom. The first-order valence-electron chi connectivity index (χ1n) is 6.98. The molecule has 0 bridgehead atoms. The molecule has 2 rings (SSSR count). The number of carbonyl (C=O) groups excluding carboxylic acids is 2. The lowest BCUT2D eigenvalue weighted by Crippen LogP contribution is -2.16. The van der Waals surface area contributed by atoms with Gasteiger partial charge in [0, 0.05) is 22.0 Å². The first-order valence-corrected chi connectivity index (χ1v) is 8.06. The number of amides is 1. The van der Waals surface area contributed by atoms with Gasteiger partial charge in [0.1, 0.15) is 5.82 Å². The van der Waals surface area contributed by atoms with Crippen molar-refractivity contribution in [3.05, 3.63) is 63.0 Å². The third-order valence-electron chi connectivity index (χ3n) is 3.23. The van der Waals surface area contributed by atoms with Crippen LogP contribution in [0.15, 0.2) is 42.5 Å². The largest absolute Gasteiger partial charge is 0.478 e. The number of carboxylic acids is 1. The topological polar surface area (TPSA) is 83.5 Å². The van der Waals surface area contributed by atoms with Crippen LogP contribution < -0.4 is 5.32 Å². The Hall–Kier alpha value is -2.29. The predicted octanol–water partition coefficient (Wildman–Crippen LogP) is 3.73.